The van der Waals surface area contributed by atoms with Gasteiger partial charge in [0, 0.05) is 26.2 Å². The van der Waals surface area contributed by atoms with E-state index in [1.165, 1.54) is 38.5 Å². The Kier molecular flexibility index (Phi) is 23.9. The lowest BCUT2D eigenvalue weighted by Crippen LogP contribution is -2.39. The van der Waals surface area contributed by atoms with Gasteiger partial charge in [-0.1, -0.05) is 58.4 Å². The highest BCUT2D eigenvalue weighted by atomic mass is 16.9. The van der Waals surface area contributed by atoms with E-state index in [-0.39, 0.29) is 0 Å². The van der Waals surface area contributed by atoms with Gasteiger partial charge in [-0.15, -0.1) is 0 Å². The first kappa shape index (κ1) is 27.6. The highest BCUT2D eigenvalue weighted by Gasteiger charge is 2.31. The van der Waals surface area contributed by atoms with Crippen molar-refractivity contribution in [3.05, 3.63) is 12.3 Å². The zero-order valence-electron chi connectivity index (χ0n) is 18.5. The van der Waals surface area contributed by atoms with Gasteiger partial charge in [-0.2, -0.15) is 0 Å². The average Bonchev–Trinajstić information content (AvgIpc) is 2.63. The number of hydrogen-bond donors (Lipinski definition) is 0. The first-order valence-corrected chi connectivity index (χ1v) is 10.8. The highest BCUT2D eigenvalue weighted by molar-refractivity contribution is 4.64. The molecule has 0 aromatic heterocycles. The maximum atomic E-state index is 5.71. The van der Waals surface area contributed by atoms with Crippen molar-refractivity contribution in [2.75, 3.05) is 26.4 Å². The van der Waals surface area contributed by atoms with Gasteiger partial charge in [0.2, 0.25) is 0 Å². The molecule has 0 saturated heterocycles. The van der Waals surface area contributed by atoms with Crippen LogP contribution in [0.1, 0.15) is 99.3 Å². The van der Waals surface area contributed by atoms with Crippen LogP contribution in [0.25, 0.3) is 0 Å². The molecular formula is C22H46O4. The minimum atomic E-state index is -0.804. The van der Waals surface area contributed by atoms with Gasteiger partial charge in [0.15, 0.2) is 0 Å². The molecule has 0 aliphatic carbocycles. The summed E-state index contributed by atoms with van der Waals surface area (Å²) in [6.45, 7) is 14.9. The number of unbranched alkanes of at least 4 members (excludes halogenated alkanes) is 6. The summed E-state index contributed by atoms with van der Waals surface area (Å²) in [5.41, 5.74) is 0. The second kappa shape index (κ2) is 22.5. The van der Waals surface area contributed by atoms with Crippen LogP contribution in [-0.4, -0.2) is 32.4 Å². The molecule has 0 bridgehead atoms. The number of allylic oxidation sites excluding steroid dienone is 1. The third kappa shape index (κ3) is 18.2. The van der Waals surface area contributed by atoms with E-state index >= 15 is 0 Å². The Morgan fingerprint density at radius 1 is 0.654 bits per heavy atom. The van der Waals surface area contributed by atoms with E-state index in [2.05, 4.69) is 13.8 Å². The third-order valence-electron chi connectivity index (χ3n) is 3.73. The summed E-state index contributed by atoms with van der Waals surface area (Å²) in [6, 6.07) is 0. The Labute approximate surface area is 163 Å². The lowest BCUT2D eigenvalue weighted by Gasteiger charge is -2.32. The van der Waals surface area contributed by atoms with Crippen LogP contribution in [0, 0.1) is 0 Å². The van der Waals surface area contributed by atoms with Crippen LogP contribution in [0.5, 0.6) is 0 Å². The molecule has 0 radical (unpaired) electrons. The normalized spacial score (nSPS) is 11.5. The van der Waals surface area contributed by atoms with Gasteiger partial charge in [-0.25, -0.2) is 0 Å². The van der Waals surface area contributed by atoms with E-state index in [1.807, 2.05) is 33.8 Å². The average molecular weight is 375 g/mol. The van der Waals surface area contributed by atoms with Crippen LogP contribution >= 0.6 is 0 Å². The molecule has 0 amide bonds. The molecule has 0 spiro atoms. The smallest absolute Gasteiger partial charge is 0.282 e. The van der Waals surface area contributed by atoms with Gasteiger partial charge in [0.1, 0.15) is 0 Å². The van der Waals surface area contributed by atoms with E-state index in [4.69, 9.17) is 18.9 Å². The molecule has 26 heavy (non-hydrogen) atoms. The van der Waals surface area contributed by atoms with Gasteiger partial charge in [-0.3, -0.25) is 0 Å². The first-order chi connectivity index (χ1) is 12.7. The van der Waals surface area contributed by atoms with Gasteiger partial charge >= 0.3 is 0 Å². The van der Waals surface area contributed by atoms with Gasteiger partial charge in [-0.05, 0) is 40.5 Å². The molecule has 0 unspecified atom stereocenters. The predicted molar refractivity (Wildman–Crippen MR) is 111 cm³/mol. The molecule has 0 aromatic carbocycles. The Morgan fingerprint density at radius 3 is 1.58 bits per heavy atom. The van der Waals surface area contributed by atoms with Crippen molar-refractivity contribution >= 4 is 0 Å². The number of ether oxygens (including phenoxy) is 4. The summed E-state index contributed by atoms with van der Waals surface area (Å²) < 4.78 is 22.1. The molecule has 0 atom stereocenters. The first-order valence-electron chi connectivity index (χ1n) is 10.8. The van der Waals surface area contributed by atoms with Crippen LogP contribution in [0.3, 0.4) is 0 Å². The molecule has 4 nitrogen and oxygen atoms in total. The zero-order chi connectivity index (χ0) is 19.9. The van der Waals surface area contributed by atoms with E-state index in [9.17, 15) is 0 Å². The van der Waals surface area contributed by atoms with Crippen molar-refractivity contribution in [2.45, 2.75) is 105 Å². The second-order valence-electron chi connectivity index (χ2n) is 6.19. The van der Waals surface area contributed by atoms with Crippen LogP contribution in [-0.2, 0) is 18.9 Å². The minimum Gasteiger partial charge on any atom is -0.502 e. The highest BCUT2D eigenvalue weighted by Crippen LogP contribution is 2.24. The number of hydrogen-bond acceptors (Lipinski definition) is 4. The Bertz CT molecular complexity index is 262. The maximum absolute atomic E-state index is 5.71. The van der Waals surface area contributed by atoms with Crippen molar-refractivity contribution in [2.24, 2.45) is 0 Å². The molecule has 0 rings (SSSR count). The van der Waals surface area contributed by atoms with Crippen LogP contribution in [0.4, 0.5) is 0 Å². The van der Waals surface area contributed by atoms with Crippen LogP contribution in [0.15, 0.2) is 12.3 Å². The molecular weight excluding hydrogens is 328 g/mol. The molecule has 0 saturated carbocycles. The maximum Gasteiger partial charge on any atom is 0.282 e. The Balaban J connectivity index is 0. The summed E-state index contributed by atoms with van der Waals surface area (Å²) in [4.78, 5) is 0. The second-order valence-corrected chi connectivity index (χ2v) is 6.19. The fourth-order valence-corrected chi connectivity index (χ4v) is 2.58. The fraction of sp³-hybridized carbons (Fsp3) is 0.909. The van der Waals surface area contributed by atoms with E-state index in [0.29, 0.717) is 19.8 Å². The topological polar surface area (TPSA) is 36.9 Å². The standard InChI is InChI=1S/C16H34O3.C6H12O/c1-5-9-10-11-12-13-14-15-16(17-6-2,18-7-3)19-8-4;1-3-5-7-6-4-2/h5-15H2,1-4H3;3,5H,4,6H2,1-2H3. The summed E-state index contributed by atoms with van der Waals surface area (Å²) in [6.07, 6.45) is 14.5. The molecule has 0 N–H and O–H groups in total. The van der Waals surface area contributed by atoms with Crippen LogP contribution < -0.4 is 0 Å². The Hall–Kier alpha value is -0.580. The van der Waals surface area contributed by atoms with Crippen molar-refractivity contribution in [3.63, 3.8) is 0 Å². The number of rotatable bonds is 17. The molecule has 0 fully saturated rings. The molecule has 158 valence electrons. The van der Waals surface area contributed by atoms with E-state index < -0.39 is 5.97 Å². The molecule has 4 heteroatoms. The van der Waals surface area contributed by atoms with Crippen molar-refractivity contribution in [3.8, 4) is 0 Å². The summed E-state index contributed by atoms with van der Waals surface area (Å²) in [7, 11) is 0. The summed E-state index contributed by atoms with van der Waals surface area (Å²) >= 11 is 0. The van der Waals surface area contributed by atoms with Crippen molar-refractivity contribution in [1.29, 1.82) is 0 Å². The van der Waals surface area contributed by atoms with Crippen LogP contribution in [0.2, 0.25) is 0 Å². The summed E-state index contributed by atoms with van der Waals surface area (Å²) in [5, 5.41) is 0. The molecule has 0 aliphatic heterocycles. The summed E-state index contributed by atoms with van der Waals surface area (Å²) in [5.74, 6) is -0.804. The van der Waals surface area contributed by atoms with Crippen molar-refractivity contribution < 1.29 is 18.9 Å². The van der Waals surface area contributed by atoms with Gasteiger partial charge in [0.05, 0.1) is 12.9 Å². The molecule has 0 heterocycles. The Morgan fingerprint density at radius 2 is 1.15 bits per heavy atom. The molecule has 0 aromatic rings. The molecule has 0 aliphatic rings. The van der Waals surface area contributed by atoms with E-state index in [0.717, 1.165) is 25.9 Å². The zero-order valence-corrected chi connectivity index (χ0v) is 18.5. The SMILES string of the molecule is CC=COCCC.CCCCCCCCCC(OCC)(OCC)OCC. The largest absolute Gasteiger partial charge is 0.502 e. The predicted octanol–water partition coefficient (Wildman–Crippen LogP) is 6.84. The van der Waals surface area contributed by atoms with Gasteiger partial charge in [0.25, 0.3) is 5.97 Å². The monoisotopic (exact) mass is 374 g/mol. The van der Waals surface area contributed by atoms with Crippen molar-refractivity contribution in [1.82, 2.24) is 0 Å². The van der Waals surface area contributed by atoms with Gasteiger partial charge < -0.3 is 18.9 Å². The lowest BCUT2D eigenvalue weighted by atomic mass is 10.1. The lowest BCUT2D eigenvalue weighted by molar-refractivity contribution is -0.380. The van der Waals surface area contributed by atoms with E-state index in [1.54, 1.807) is 6.26 Å². The third-order valence-corrected chi connectivity index (χ3v) is 3.73. The fourth-order valence-electron chi connectivity index (χ4n) is 2.58. The minimum absolute atomic E-state index is 0.622. The quantitative estimate of drug-likeness (QED) is 0.159.